The van der Waals surface area contributed by atoms with E-state index in [1.165, 1.54) is 19.2 Å². The molecule has 0 bridgehead atoms. The predicted octanol–water partition coefficient (Wildman–Crippen LogP) is 3.32. The van der Waals surface area contributed by atoms with Crippen molar-refractivity contribution in [1.82, 2.24) is 15.0 Å². The van der Waals surface area contributed by atoms with E-state index >= 15 is 0 Å². The van der Waals surface area contributed by atoms with Crippen LogP contribution in [0.25, 0.3) is 22.4 Å². The third-order valence-electron chi connectivity index (χ3n) is 4.29. The highest BCUT2D eigenvalue weighted by Gasteiger charge is 2.19. The molecule has 0 aliphatic rings. The van der Waals surface area contributed by atoms with E-state index in [1.807, 2.05) is 19.1 Å². The van der Waals surface area contributed by atoms with Crippen molar-refractivity contribution >= 4 is 17.7 Å². The Morgan fingerprint density at radius 3 is 2.54 bits per heavy atom. The summed E-state index contributed by atoms with van der Waals surface area (Å²) in [6.07, 6.45) is 2.30. The van der Waals surface area contributed by atoms with Gasteiger partial charge in [0.15, 0.2) is 0 Å². The number of aryl methyl sites for hydroxylation is 1. The third-order valence-corrected chi connectivity index (χ3v) is 4.29. The number of halogens is 1. The largest absolute Gasteiger partial charge is 0.465 e. The number of carbonyl (C=O) groups excluding carboxylic acids is 1. The summed E-state index contributed by atoms with van der Waals surface area (Å²) in [6.45, 7) is 1.95. The van der Waals surface area contributed by atoms with Crippen LogP contribution in [0.15, 0.2) is 36.5 Å². The minimum absolute atomic E-state index is 0.0906. The summed E-state index contributed by atoms with van der Waals surface area (Å²) < 4.78 is 19.1. The number of esters is 1. The van der Waals surface area contributed by atoms with Gasteiger partial charge in [-0.1, -0.05) is 13.0 Å². The van der Waals surface area contributed by atoms with Crippen LogP contribution in [0.1, 0.15) is 23.0 Å². The second-order valence-corrected chi connectivity index (χ2v) is 5.97. The fraction of sp³-hybridized carbons (Fsp3) is 0.200. The topological polar surface area (TPSA) is 103 Å². The molecular formula is C20H20FN5O2. The van der Waals surface area contributed by atoms with Gasteiger partial charge in [-0.15, -0.1) is 0 Å². The van der Waals surface area contributed by atoms with Crippen molar-refractivity contribution in [1.29, 1.82) is 0 Å². The average molecular weight is 381 g/mol. The van der Waals surface area contributed by atoms with Crippen molar-refractivity contribution in [2.24, 2.45) is 0 Å². The zero-order chi connectivity index (χ0) is 20.3. The highest BCUT2D eigenvalue weighted by atomic mass is 19.1. The van der Waals surface area contributed by atoms with Crippen LogP contribution in [0.2, 0.25) is 0 Å². The molecule has 3 N–H and O–H groups in total. The first-order valence-electron chi connectivity index (χ1n) is 8.67. The van der Waals surface area contributed by atoms with Crippen molar-refractivity contribution in [2.45, 2.75) is 13.3 Å². The number of aromatic nitrogens is 3. The number of rotatable bonds is 5. The quantitative estimate of drug-likeness (QED) is 0.654. The molecule has 0 spiro atoms. The van der Waals surface area contributed by atoms with E-state index < -0.39 is 11.8 Å². The Balaban J connectivity index is 2.21. The van der Waals surface area contributed by atoms with Gasteiger partial charge in [-0.2, -0.15) is 0 Å². The lowest BCUT2D eigenvalue weighted by molar-refractivity contribution is 0.0595. The maximum absolute atomic E-state index is 14.5. The van der Waals surface area contributed by atoms with Gasteiger partial charge in [0.05, 0.1) is 24.1 Å². The van der Waals surface area contributed by atoms with Crippen LogP contribution >= 0.6 is 0 Å². The molecule has 0 aliphatic heterocycles. The van der Waals surface area contributed by atoms with Gasteiger partial charge >= 0.3 is 5.97 Å². The summed E-state index contributed by atoms with van der Waals surface area (Å²) in [5.74, 6) is -0.636. The van der Waals surface area contributed by atoms with E-state index in [2.05, 4.69) is 25.0 Å². The van der Waals surface area contributed by atoms with E-state index in [4.69, 9.17) is 5.73 Å². The second-order valence-electron chi connectivity index (χ2n) is 5.97. The molecule has 0 saturated carbocycles. The number of nitrogens with two attached hydrogens (primary N) is 1. The molecule has 1 aromatic carbocycles. The number of benzene rings is 1. The zero-order valence-electron chi connectivity index (χ0n) is 15.8. The SMILES string of the molecule is CCc1nc(N)nc(-c2ccc(C(=O)OC)c(F)c2)c1-c1ccc(NC)nc1. The number of nitrogens with one attached hydrogen (secondary N) is 1. The fourth-order valence-corrected chi connectivity index (χ4v) is 2.92. The van der Waals surface area contributed by atoms with Crippen molar-refractivity contribution in [3.8, 4) is 22.4 Å². The number of carbonyl (C=O) groups is 1. The van der Waals surface area contributed by atoms with E-state index in [-0.39, 0.29) is 11.5 Å². The highest BCUT2D eigenvalue weighted by molar-refractivity contribution is 5.91. The summed E-state index contributed by atoms with van der Waals surface area (Å²) in [4.78, 5) is 24.7. The molecule has 0 fully saturated rings. The predicted molar refractivity (Wildman–Crippen MR) is 105 cm³/mol. The zero-order valence-corrected chi connectivity index (χ0v) is 15.8. The molecule has 28 heavy (non-hydrogen) atoms. The Morgan fingerprint density at radius 1 is 1.21 bits per heavy atom. The lowest BCUT2D eigenvalue weighted by Crippen LogP contribution is -2.07. The first kappa shape index (κ1) is 19.2. The maximum atomic E-state index is 14.5. The summed E-state index contributed by atoms with van der Waals surface area (Å²) >= 11 is 0. The van der Waals surface area contributed by atoms with Crippen LogP contribution in [-0.4, -0.2) is 35.1 Å². The Morgan fingerprint density at radius 2 is 1.96 bits per heavy atom. The molecule has 0 radical (unpaired) electrons. The van der Waals surface area contributed by atoms with E-state index in [0.29, 0.717) is 23.5 Å². The lowest BCUT2D eigenvalue weighted by Gasteiger charge is -2.15. The van der Waals surface area contributed by atoms with Crippen LogP contribution in [-0.2, 0) is 11.2 Å². The molecule has 0 saturated heterocycles. The second kappa shape index (κ2) is 7.99. The van der Waals surface area contributed by atoms with Gasteiger partial charge in [0.25, 0.3) is 0 Å². The Hall–Kier alpha value is -3.55. The van der Waals surface area contributed by atoms with Gasteiger partial charge in [0, 0.05) is 29.9 Å². The maximum Gasteiger partial charge on any atom is 0.340 e. The van der Waals surface area contributed by atoms with Gasteiger partial charge in [-0.25, -0.2) is 24.1 Å². The smallest absolute Gasteiger partial charge is 0.340 e. The standard InChI is InChI=1S/C20H20FN5O2/c1-4-15-17(12-6-8-16(23-2)24-10-12)18(26-20(22)25-15)11-5-7-13(14(21)9-11)19(27)28-3/h5-10H,4H2,1-3H3,(H,23,24)(H2,22,25,26). The molecule has 3 rings (SSSR count). The minimum Gasteiger partial charge on any atom is -0.465 e. The van der Waals surface area contributed by atoms with E-state index in [0.717, 1.165) is 16.8 Å². The van der Waals surface area contributed by atoms with Gasteiger partial charge in [0.2, 0.25) is 5.95 Å². The number of nitrogens with zero attached hydrogens (tertiary/aromatic N) is 3. The van der Waals surface area contributed by atoms with Gasteiger partial charge < -0.3 is 15.8 Å². The monoisotopic (exact) mass is 381 g/mol. The van der Waals surface area contributed by atoms with Crippen LogP contribution in [0, 0.1) is 5.82 Å². The molecule has 0 atom stereocenters. The summed E-state index contributed by atoms with van der Waals surface area (Å²) in [5.41, 5.74) is 8.91. The van der Waals surface area contributed by atoms with Gasteiger partial charge in [0.1, 0.15) is 11.6 Å². The number of nitrogen functional groups attached to an aromatic ring is 1. The van der Waals surface area contributed by atoms with Crippen LogP contribution in [0.5, 0.6) is 0 Å². The first-order valence-corrected chi connectivity index (χ1v) is 8.67. The van der Waals surface area contributed by atoms with Crippen LogP contribution in [0.4, 0.5) is 16.2 Å². The number of pyridine rings is 1. The van der Waals surface area contributed by atoms with Crippen LogP contribution < -0.4 is 11.1 Å². The molecular weight excluding hydrogens is 361 g/mol. The Labute approximate surface area is 161 Å². The molecule has 8 heteroatoms. The van der Waals surface area contributed by atoms with Crippen molar-refractivity contribution < 1.29 is 13.9 Å². The fourth-order valence-electron chi connectivity index (χ4n) is 2.92. The van der Waals surface area contributed by atoms with Gasteiger partial charge in [-0.05, 0) is 30.7 Å². The molecule has 2 heterocycles. The third kappa shape index (κ3) is 3.62. The number of hydrogen-bond acceptors (Lipinski definition) is 7. The highest BCUT2D eigenvalue weighted by Crippen LogP contribution is 2.34. The lowest BCUT2D eigenvalue weighted by atomic mass is 9.97. The molecule has 0 aliphatic carbocycles. The number of methoxy groups -OCH3 is 1. The molecule has 0 amide bonds. The first-order chi connectivity index (χ1) is 13.5. The van der Waals surface area contributed by atoms with Crippen molar-refractivity contribution in [3.05, 3.63) is 53.6 Å². The number of hydrogen-bond donors (Lipinski definition) is 2. The van der Waals surface area contributed by atoms with Crippen molar-refractivity contribution in [3.63, 3.8) is 0 Å². The molecule has 3 aromatic rings. The minimum atomic E-state index is -0.743. The van der Waals surface area contributed by atoms with Gasteiger partial charge in [-0.3, -0.25) is 0 Å². The Bertz CT molecular complexity index is 1020. The molecule has 2 aromatic heterocycles. The molecule has 0 unspecified atom stereocenters. The summed E-state index contributed by atoms with van der Waals surface area (Å²) in [6, 6.07) is 7.93. The Kier molecular flexibility index (Phi) is 5.49. The van der Waals surface area contributed by atoms with Crippen LogP contribution in [0.3, 0.4) is 0 Å². The molecule has 7 nitrogen and oxygen atoms in total. The summed E-state index contributed by atoms with van der Waals surface area (Å²) in [5, 5.41) is 2.96. The average Bonchev–Trinajstić information content (AvgIpc) is 2.72. The number of anilines is 2. The van der Waals surface area contributed by atoms with Crippen molar-refractivity contribution in [2.75, 3.05) is 25.2 Å². The van der Waals surface area contributed by atoms with E-state index in [1.54, 1.807) is 19.3 Å². The molecule has 144 valence electrons. The number of ether oxygens (including phenoxy) is 1. The summed E-state index contributed by atoms with van der Waals surface area (Å²) in [7, 11) is 2.98. The van der Waals surface area contributed by atoms with E-state index in [9.17, 15) is 9.18 Å². The normalized spacial score (nSPS) is 10.6.